The van der Waals surface area contributed by atoms with Crippen molar-refractivity contribution in [3.8, 4) is 0 Å². The Kier molecular flexibility index (Phi) is 2.25. The number of hydrogen-bond acceptors (Lipinski definition) is 4. The zero-order valence-electron chi connectivity index (χ0n) is 8.91. The fourth-order valence-corrected chi connectivity index (χ4v) is 2.42. The number of aromatic nitrogens is 2. The van der Waals surface area contributed by atoms with Crippen molar-refractivity contribution >= 4 is 5.95 Å². The molecule has 0 radical (unpaired) electrons. The summed E-state index contributed by atoms with van der Waals surface area (Å²) in [6, 6.07) is 0.739. The van der Waals surface area contributed by atoms with Crippen LogP contribution in [0.1, 0.15) is 12.0 Å². The lowest BCUT2D eigenvalue weighted by Crippen LogP contribution is -2.44. The fraction of sp³-hybridized carbons (Fsp3) is 0.600. The number of halogens is 3. The van der Waals surface area contributed by atoms with Crippen molar-refractivity contribution in [2.45, 2.75) is 24.7 Å². The van der Waals surface area contributed by atoms with E-state index in [1.807, 2.05) is 4.90 Å². The molecule has 92 valence electrons. The van der Waals surface area contributed by atoms with Crippen LogP contribution in [0.4, 0.5) is 19.1 Å². The highest BCUT2D eigenvalue weighted by atomic mass is 19.4. The zero-order chi connectivity index (χ0) is 12.0. The Bertz CT molecular complexity index is 417. The molecule has 7 heteroatoms. The van der Waals surface area contributed by atoms with Crippen molar-refractivity contribution in [1.29, 1.82) is 0 Å². The predicted octanol–water partition coefficient (Wildman–Crippen LogP) is 1.05. The molecule has 0 unspecified atom stereocenters. The van der Waals surface area contributed by atoms with E-state index in [2.05, 4.69) is 15.3 Å². The maximum absolute atomic E-state index is 12.3. The molecule has 0 saturated carbocycles. The number of hydrogen-bond donors (Lipinski definition) is 1. The summed E-state index contributed by atoms with van der Waals surface area (Å²) in [6.07, 6.45) is -1.65. The molecule has 3 rings (SSSR count). The van der Waals surface area contributed by atoms with Crippen molar-refractivity contribution in [3.63, 3.8) is 0 Å². The van der Waals surface area contributed by atoms with Crippen LogP contribution in [-0.2, 0) is 6.18 Å². The molecule has 2 atom stereocenters. The molecular weight excluding hydrogens is 233 g/mol. The Morgan fingerprint density at radius 1 is 1.29 bits per heavy atom. The van der Waals surface area contributed by atoms with Gasteiger partial charge in [-0.3, -0.25) is 0 Å². The quantitative estimate of drug-likeness (QED) is 0.801. The summed E-state index contributed by atoms with van der Waals surface area (Å²) >= 11 is 0. The highest BCUT2D eigenvalue weighted by Gasteiger charge is 2.39. The largest absolute Gasteiger partial charge is 0.419 e. The van der Waals surface area contributed by atoms with Gasteiger partial charge >= 0.3 is 6.18 Å². The van der Waals surface area contributed by atoms with Gasteiger partial charge in [0.05, 0.1) is 5.56 Å². The Morgan fingerprint density at radius 3 is 2.47 bits per heavy atom. The summed E-state index contributed by atoms with van der Waals surface area (Å²) in [5, 5.41) is 3.31. The van der Waals surface area contributed by atoms with Crippen LogP contribution >= 0.6 is 0 Å². The fourth-order valence-electron chi connectivity index (χ4n) is 2.42. The van der Waals surface area contributed by atoms with Crippen LogP contribution in [0.3, 0.4) is 0 Å². The van der Waals surface area contributed by atoms with E-state index in [4.69, 9.17) is 0 Å². The molecule has 1 N–H and O–H groups in total. The van der Waals surface area contributed by atoms with Crippen LogP contribution in [0.5, 0.6) is 0 Å². The van der Waals surface area contributed by atoms with E-state index in [9.17, 15) is 13.2 Å². The first-order valence-electron chi connectivity index (χ1n) is 5.43. The zero-order valence-corrected chi connectivity index (χ0v) is 8.91. The number of nitrogens with zero attached hydrogens (tertiary/aromatic N) is 3. The molecule has 2 aliphatic rings. The predicted molar refractivity (Wildman–Crippen MR) is 54.6 cm³/mol. The number of anilines is 1. The number of alkyl halides is 3. The van der Waals surface area contributed by atoms with Crippen LogP contribution in [0.2, 0.25) is 0 Å². The summed E-state index contributed by atoms with van der Waals surface area (Å²) in [7, 11) is 0. The molecule has 3 heterocycles. The third-order valence-electron chi connectivity index (χ3n) is 3.28. The second kappa shape index (κ2) is 3.56. The first-order chi connectivity index (χ1) is 8.04. The molecule has 1 aromatic heterocycles. The SMILES string of the molecule is FC(F)(F)c1cnc(N2C[C@H]3C[C@@H]2CN3)nc1. The van der Waals surface area contributed by atoms with E-state index >= 15 is 0 Å². The maximum Gasteiger partial charge on any atom is 0.419 e. The van der Waals surface area contributed by atoms with Crippen LogP contribution in [-0.4, -0.2) is 35.1 Å². The third kappa shape index (κ3) is 1.84. The van der Waals surface area contributed by atoms with Crippen LogP contribution < -0.4 is 10.2 Å². The molecule has 17 heavy (non-hydrogen) atoms. The summed E-state index contributed by atoms with van der Waals surface area (Å²) in [4.78, 5) is 9.60. The van der Waals surface area contributed by atoms with Crippen molar-refractivity contribution in [2.75, 3.05) is 18.0 Å². The van der Waals surface area contributed by atoms with E-state index in [-0.39, 0.29) is 0 Å². The second-order valence-corrected chi connectivity index (χ2v) is 4.42. The van der Waals surface area contributed by atoms with Crippen molar-refractivity contribution in [3.05, 3.63) is 18.0 Å². The van der Waals surface area contributed by atoms with Gasteiger partial charge in [-0.2, -0.15) is 13.2 Å². The number of rotatable bonds is 1. The molecular formula is C10H11F3N4. The van der Waals surface area contributed by atoms with Crippen LogP contribution in [0, 0.1) is 0 Å². The van der Waals surface area contributed by atoms with Gasteiger partial charge in [-0.25, -0.2) is 9.97 Å². The molecule has 2 bridgehead atoms. The highest BCUT2D eigenvalue weighted by Crippen LogP contribution is 2.30. The molecule has 0 aromatic carbocycles. The summed E-state index contributed by atoms with van der Waals surface area (Å²) < 4.78 is 37.0. The van der Waals surface area contributed by atoms with Crippen molar-refractivity contribution < 1.29 is 13.2 Å². The Labute approximate surface area is 95.9 Å². The van der Waals surface area contributed by atoms with Crippen LogP contribution in [0.15, 0.2) is 12.4 Å². The molecule has 4 nitrogen and oxygen atoms in total. The van der Waals surface area contributed by atoms with Gasteiger partial charge in [-0.15, -0.1) is 0 Å². The Balaban J connectivity index is 1.81. The number of fused-ring (bicyclic) bond motifs is 2. The molecule has 2 fully saturated rings. The number of nitrogens with one attached hydrogen (secondary N) is 1. The minimum atomic E-state index is -4.37. The maximum atomic E-state index is 12.3. The van der Waals surface area contributed by atoms with Gasteiger partial charge in [0.2, 0.25) is 5.95 Å². The topological polar surface area (TPSA) is 41.1 Å². The first kappa shape index (κ1) is 10.8. The first-order valence-corrected chi connectivity index (χ1v) is 5.43. The second-order valence-electron chi connectivity index (χ2n) is 4.42. The number of piperazine rings is 1. The van der Waals surface area contributed by atoms with Gasteiger partial charge in [0, 0.05) is 37.6 Å². The smallest absolute Gasteiger partial charge is 0.335 e. The Hall–Kier alpha value is -1.37. The monoisotopic (exact) mass is 244 g/mol. The molecule has 0 spiro atoms. The molecule has 2 aliphatic heterocycles. The van der Waals surface area contributed by atoms with Gasteiger partial charge in [-0.05, 0) is 6.42 Å². The van der Waals surface area contributed by atoms with E-state index < -0.39 is 11.7 Å². The summed E-state index contributed by atoms with van der Waals surface area (Å²) in [5.74, 6) is 0.395. The lowest BCUT2D eigenvalue weighted by molar-refractivity contribution is -0.138. The van der Waals surface area contributed by atoms with Crippen molar-refractivity contribution in [1.82, 2.24) is 15.3 Å². The normalized spacial score (nSPS) is 27.8. The van der Waals surface area contributed by atoms with Gasteiger partial charge < -0.3 is 10.2 Å². The van der Waals surface area contributed by atoms with Gasteiger partial charge in [0.1, 0.15) is 0 Å². The minimum absolute atomic E-state index is 0.316. The Morgan fingerprint density at radius 2 is 2.00 bits per heavy atom. The molecule has 0 aliphatic carbocycles. The summed E-state index contributed by atoms with van der Waals surface area (Å²) in [5.41, 5.74) is -0.802. The van der Waals surface area contributed by atoms with Gasteiger partial charge in [-0.1, -0.05) is 0 Å². The average Bonchev–Trinajstić information content (AvgIpc) is 2.89. The van der Waals surface area contributed by atoms with E-state index in [1.54, 1.807) is 0 Å². The van der Waals surface area contributed by atoms with E-state index in [0.717, 1.165) is 31.9 Å². The van der Waals surface area contributed by atoms with Gasteiger partial charge in [0.25, 0.3) is 0 Å². The standard InChI is InChI=1S/C10H11F3N4/c11-10(12,13)6-2-15-9(16-3-6)17-5-7-1-8(17)4-14-7/h2-3,7-8,14H,1,4-5H2/t7-,8-/m1/s1. The molecule has 0 amide bonds. The third-order valence-corrected chi connectivity index (χ3v) is 3.28. The minimum Gasteiger partial charge on any atom is -0.335 e. The average molecular weight is 244 g/mol. The lowest BCUT2D eigenvalue weighted by atomic mass is 10.2. The summed E-state index contributed by atoms with van der Waals surface area (Å²) in [6.45, 7) is 1.63. The van der Waals surface area contributed by atoms with E-state index in [1.165, 1.54) is 0 Å². The van der Waals surface area contributed by atoms with Crippen LogP contribution in [0.25, 0.3) is 0 Å². The van der Waals surface area contributed by atoms with E-state index in [0.29, 0.717) is 18.0 Å². The van der Waals surface area contributed by atoms with Gasteiger partial charge in [0.15, 0.2) is 0 Å². The lowest BCUT2D eigenvalue weighted by Gasteiger charge is -2.27. The van der Waals surface area contributed by atoms with Crippen molar-refractivity contribution in [2.24, 2.45) is 0 Å². The molecule has 2 saturated heterocycles. The highest BCUT2D eigenvalue weighted by molar-refractivity contribution is 5.37. The molecule has 1 aromatic rings.